The molecule has 2 aromatic heterocycles. The molecule has 0 bridgehead atoms. The standard InChI is InChI=1S/C21H15ClFN2O.BrH/c22-18-7-5-16(6-8-18)20-12-24-21(26-20)17-2-1-11-25(14-17)13-15-3-9-19(23)10-4-15;/h1-12,14H,13H2;1H/q+1;/p-1. The quantitative estimate of drug-likeness (QED) is 0.451. The summed E-state index contributed by atoms with van der Waals surface area (Å²) < 4.78 is 20.9. The Morgan fingerprint density at radius 3 is 2.44 bits per heavy atom. The van der Waals surface area contributed by atoms with Crippen molar-refractivity contribution >= 4 is 11.6 Å². The van der Waals surface area contributed by atoms with Crippen molar-refractivity contribution in [2.45, 2.75) is 6.54 Å². The molecule has 4 rings (SSSR count). The van der Waals surface area contributed by atoms with Crippen molar-refractivity contribution in [3.8, 4) is 22.8 Å². The Labute approximate surface area is 171 Å². The number of hydrogen-bond acceptors (Lipinski definition) is 2. The average Bonchev–Trinajstić information content (AvgIpc) is 3.15. The van der Waals surface area contributed by atoms with Gasteiger partial charge < -0.3 is 21.4 Å². The van der Waals surface area contributed by atoms with E-state index >= 15 is 0 Å². The lowest BCUT2D eigenvalue weighted by Crippen LogP contribution is -3.00. The van der Waals surface area contributed by atoms with Crippen molar-refractivity contribution in [3.63, 3.8) is 0 Å². The summed E-state index contributed by atoms with van der Waals surface area (Å²) in [6.45, 7) is 0.638. The average molecular weight is 446 g/mol. The lowest BCUT2D eigenvalue weighted by Gasteiger charge is -2.00. The Kier molecular flexibility index (Phi) is 6.04. The molecule has 0 saturated heterocycles. The second-order valence-electron chi connectivity index (χ2n) is 5.93. The zero-order valence-corrected chi connectivity index (χ0v) is 16.5. The molecule has 0 N–H and O–H groups in total. The minimum absolute atomic E-state index is 0. The summed E-state index contributed by atoms with van der Waals surface area (Å²) in [6, 6.07) is 17.8. The summed E-state index contributed by atoms with van der Waals surface area (Å²) >= 11 is 5.92. The van der Waals surface area contributed by atoms with Crippen LogP contribution in [-0.4, -0.2) is 4.98 Å². The van der Waals surface area contributed by atoms with Crippen LogP contribution in [0.4, 0.5) is 4.39 Å². The van der Waals surface area contributed by atoms with Gasteiger partial charge in [-0.15, -0.1) is 0 Å². The van der Waals surface area contributed by atoms with E-state index in [2.05, 4.69) is 4.98 Å². The van der Waals surface area contributed by atoms with Crippen LogP contribution in [0.3, 0.4) is 0 Å². The number of benzene rings is 2. The predicted molar refractivity (Wildman–Crippen MR) is 98.1 cm³/mol. The normalized spacial score (nSPS) is 10.4. The molecule has 136 valence electrons. The van der Waals surface area contributed by atoms with Crippen LogP contribution in [0, 0.1) is 5.82 Å². The number of rotatable bonds is 4. The predicted octanol–water partition coefficient (Wildman–Crippen LogP) is 2.14. The molecule has 2 aromatic carbocycles. The first kappa shape index (κ1) is 19.3. The van der Waals surface area contributed by atoms with Gasteiger partial charge in [-0.3, -0.25) is 0 Å². The van der Waals surface area contributed by atoms with E-state index in [-0.39, 0.29) is 22.8 Å². The Hall–Kier alpha value is -2.50. The molecular weight excluding hydrogens is 431 g/mol. The molecule has 27 heavy (non-hydrogen) atoms. The lowest BCUT2D eigenvalue weighted by molar-refractivity contribution is -0.687. The van der Waals surface area contributed by atoms with Crippen LogP contribution in [0.1, 0.15) is 5.56 Å². The molecule has 0 atom stereocenters. The van der Waals surface area contributed by atoms with Gasteiger partial charge in [-0.05, 0) is 54.6 Å². The molecule has 0 aliphatic rings. The maximum atomic E-state index is 13.0. The minimum Gasteiger partial charge on any atom is -1.00 e. The van der Waals surface area contributed by atoms with Crippen molar-refractivity contribution < 1.29 is 30.4 Å². The highest BCUT2D eigenvalue weighted by Gasteiger charge is 2.12. The van der Waals surface area contributed by atoms with Gasteiger partial charge in [-0.1, -0.05) is 11.6 Å². The summed E-state index contributed by atoms with van der Waals surface area (Å²) in [5.74, 6) is 0.996. The SMILES string of the molecule is Fc1ccc(C[n+]2cccc(-c3ncc(-c4ccc(Cl)cc4)o3)c2)cc1.[Br-]. The maximum absolute atomic E-state index is 13.0. The van der Waals surface area contributed by atoms with Crippen molar-refractivity contribution in [2.24, 2.45) is 0 Å². The molecule has 6 heteroatoms. The zero-order valence-electron chi connectivity index (χ0n) is 14.1. The van der Waals surface area contributed by atoms with E-state index in [1.54, 1.807) is 18.3 Å². The maximum Gasteiger partial charge on any atom is 0.232 e. The number of hydrogen-bond donors (Lipinski definition) is 0. The third-order valence-electron chi connectivity index (χ3n) is 4.02. The van der Waals surface area contributed by atoms with E-state index in [4.69, 9.17) is 16.0 Å². The Morgan fingerprint density at radius 2 is 1.70 bits per heavy atom. The Bertz CT molecular complexity index is 1030. The van der Waals surface area contributed by atoms with Crippen LogP contribution in [0.25, 0.3) is 22.8 Å². The summed E-state index contributed by atoms with van der Waals surface area (Å²) in [6.07, 6.45) is 5.62. The van der Waals surface area contributed by atoms with Crippen LogP contribution in [-0.2, 0) is 6.54 Å². The number of pyridine rings is 1. The van der Waals surface area contributed by atoms with Gasteiger partial charge in [-0.25, -0.2) is 9.37 Å². The highest BCUT2D eigenvalue weighted by Crippen LogP contribution is 2.26. The Morgan fingerprint density at radius 1 is 0.963 bits per heavy atom. The van der Waals surface area contributed by atoms with Crippen LogP contribution in [0.15, 0.2) is 83.7 Å². The molecule has 0 unspecified atom stereocenters. The van der Waals surface area contributed by atoms with Crippen molar-refractivity contribution in [3.05, 3.63) is 95.7 Å². The van der Waals surface area contributed by atoms with Crippen molar-refractivity contribution in [1.29, 1.82) is 0 Å². The van der Waals surface area contributed by atoms with Crippen LogP contribution in [0.2, 0.25) is 5.02 Å². The third-order valence-corrected chi connectivity index (χ3v) is 4.27. The molecular formula is C21H15BrClFN2O. The molecule has 0 fully saturated rings. The molecule has 0 radical (unpaired) electrons. The van der Waals surface area contributed by atoms with Gasteiger partial charge in [0.25, 0.3) is 0 Å². The monoisotopic (exact) mass is 444 g/mol. The molecule has 3 nitrogen and oxygen atoms in total. The molecule has 4 aromatic rings. The topological polar surface area (TPSA) is 29.9 Å². The van der Waals surface area contributed by atoms with Gasteiger partial charge in [0.2, 0.25) is 5.89 Å². The number of oxazole rings is 1. The van der Waals surface area contributed by atoms with Crippen LogP contribution >= 0.6 is 11.6 Å². The van der Waals surface area contributed by atoms with Gasteiger partial charge in [-0.2, -0.15) is 4.57 Å². The van der Waals surface area contributed by atoms with Crippen LogP contribution in [0.5, 0.6) is 0 Å². The zero-order chi connectivity index (χ0) is 17.9. The molecule has 0 saturated carbocycles. The first-order valence-corrected chi connectivity index (χ1v) is 8.51. The van der Waals surface area contributed by atoms with Gasteiger partial charge >= 0.3 is 0 Å². The number of aromatic nitrogens is 2. The Balaban J connectivity index is 0.00000210. The van der Waals surface area contributed by atoms with Gasteiger partial charge in [0, 0.05) is 22.2 Å². The molecule has 0 aliphatic heterocycles. The fraction of sp³-hybridized carbons (Fsp3) is 0.0476. The second kappa shape index (κ2) is 8.46. The van der Waals surface area contributed by atoms with Gasteiger partial charge in [0.1, 0.15) is 11.4 Å². The van der Waals surface area contributed by atoms with Crippen molar-refractivity contribution in [1.82, 2.24) is 4.98 Å². The van der Waals surface area contributed by atoms with Crippen LogP contribution < -0.4 is 21.5 Å². The summed E-state index contributed by atoms with van der Waals surface area (Å²) in [5.41, 5.74) is 2.81. The summed E-state index contributed by atoms with van der Waals surface area (Å²) in [4.78, 5) is 4.38. The van der Waals surface area contributed by atoms with E-state index in [0.29, 0.717) is 23.2 Å². The molecule has 0 amide bonds. The van der Waals surface area contributed by atoms with E-state index in [1.807, 2.05) is 53.4 Å². The minimum atomic E-state index is -0.234. The fourth-order valence-electron chi connectivity index (χ4n) is 2.70. The van der Waals surface area contributed by atoms with E-state index in [1.165, 1.54) is 12.1 Å². The highest BCUT2D eigenvalue weighted by molar-refractivity contribution is 6.30. The number of nitrogens with zero attached hydrogens (tertiary/aromatic N) is 2. The van der Waals surface area contributed by atoms with Gasteiger partial charge in [0.05, 0.1) is 6.20 Å². The molecule has 0 aliphatic carbocycles. The second-order valence-corrected chi connectivity index (χ2v) is 6.36. The van der Waals surface area contributed by atoms with Gasteiger partial charge in [0.15, 0.2) is 24.7 Å². The summed E-state index contributed by atoms with van der Waals surface area (Å²) in [7, 11) is 0. The lowest BCUT2D eigenvalue weighted by atomic mass is 10.2. The molecule has 0 spiro atoms. The largest absolute Gasteiger partial charge is 1.00 e. The summed E-state index contributed by atoms with van der Waals surface area (Å²) in [5, 5.41) is 0.679. The van der Waals surface area contributed by atoms with Crippen molar-refractivity contribution in [2.75, 3.05) is 0 Å². The van der Waals surface area contributed by atoms with E-state index in [9.17, 15) is 4.39 Å². The first-order chi connectivity index (χ1) is 12.7. The number of halogens is 3. The van der Waals surface area contributed by atoms with E-state index < -0.39 is 0 Å². The third kappa shape index (κ3) is 4.62. The highest BCUT2D eigenvalue weighted by atomic mass is 79.9. The fourth-order valence-corrected chi connectivity index (χ4v) is 2.83. The molecule has 2 heterocycles. The van der Waals surface area contributed by atoms with E-state index in [0.717, 1.165) is 16.7 Å². The smallest absolute Gasteiger partial charge is 0.232 e. The first-order valence-electron chi connectivity index (χ1n) is 8.13.